The molecule has 0 saturated heterocycles. The Morgan fingerprint density at radius 2 is 2.08 bits per heavy atom. The van der Waals surface area contributed by atoms with E-state index in [0.29, 0.717) is 5.82 Å². The van der Waals surface area contributed by atoms with Gasteiger partial charge in [-0.15, -0.1) is 0 Å². The Hall–Kier alpha value is -1.16. The minimum Gasteiger partial charge on any atom is -0.508 e. The van der Waals surface area contributed by atoms with Crippen LogP contribution in [0.5, 0.6) is 5.75 Å². The van der Waals surface area contributed by atoms with E-state index in [4.69, 9.17) is 0 Å². The van der Waals surface area contributed by atoms with Gasteiger partial charge in [-0.3, -0.25) is 0 Å². The molecule has 0 atom stereocenters. The molecule has 0 aliphatic rings. The molecule has 2 aromatic rings. The maximum Gasteiger partial charge on any atom is 0.127 e. The first kappa shape index (κ1) is 8.44. The van der Waals surface area contributed by atoms with Crippen molar-refractivity contribution in [2.75, 3.05) is 0 Å². The molecule has 66 valence electrons. The number of aryl methyl sites for hydroxylation is 1. The SMILES string of the molecule is Cc1nc(Br)c2ccc(O)cc2n1. The van der Waals surface area contributed by atoms with E-state index in [2.05, 4.69) is 25.9 Å². The predicted molar refractivity (Wildman–Crippen MR) is 53.6 cm³/mol. The first-order chi connectivity index (χ1) is 6.16. The van der Waals surface area contributed by atoms with Gasteiger partial charge in [0.1, 0.15) is 16.2 Å². The van der Waals surface area contributed by atoms with Crippen LogP contribution in [0.1, 0.15) is 5.82 Å². The van der Waals surface area contributed by atoms with Crippen molar-refractivity contribution < 1.29 is 5.11 Å². The maximum absolute atomic E-state index is 9.24. The summed E-state index contributed by atoms with van der Waals surface area (Å²) in [7, 11) is 0. The van der Waals surface area contributed by atoms with Crippen LogP contribution in [0, 0.1) is 6.92 Å². The third kappa shape index (κ3) is 1.49. The standard InChI is InChI=1S/C9H7BrN2O/c1-5-11-8-4-6(13)2-3-7(8)9(10)12-5/h2-4,13H,1H3. The molecule has 0 fully saturated rings. The number of phenols is 1. The molecule has 1 N–H and O–H groups in total. The van der Waals surface area contributed by atoms with Gasteiger partial charge < -0.3 is 5.11 Å². The van der Waals surface area contributed by atoms with Gasteiger partial charge in [0.25, 0.3) is 0 Å². The fraction of sp³-hybridized carbons (Fsp3) is 0.111. The van der Waals surface area contributed by atoms with Crippen LogP contribution >= 0.6 is 15.9 Å². The third-order valence-electron chi connectivity index (χ3n) is 1.75. The Kier molecular flexibility index (Phi) is 1.92. The number of benzene rings is 1. The fourth-order valence-corrected chi connectivity index (χ4v) is 1.78. The first-order valence-corrected chi connectivity index (χ1v) is 4.59. The zero-order valence-electron chi connectivity index (χ0n) is 6.95. The molecular weight excluding hydrogens is 232 g/mol. The predicted octanol–water partition coefficient (Wildman–Crippen LogP) is 2.41. The normalized spacial score (nSPS) is 10.6. The molecule has 13 heavy (non-hydrogen) atoms. The van der Waals surface area contributed by atoms with E-state index in [0.717, 1.165) is 15.5 Å². The highest BCUT2D eigenvalue weighted by molar-refractivity contribution is 9.10. The van der Waals surface area contributed by atoms with Crippen molar-refractivity contribution >= 4 is 26.8 Å². The smallest absolute Gasteiger partial charge is 0.127 e. The lowest BCUT2D eigenvalue weighted by Crippen LogP contribution is -1.89. The number of rotatable bonds is 0. The van der Waals surface area contributed by atoms with Crippen LogP contribution in [-0.4, -0.2) is 15.1 Å². The minimum absolute atomic E-state index is 0.220. The highest BCUT2D eigenvalue weighted by Crippen LogP contribution is 2.23. The monoisotopic (exact) mass is 238 g/mol. The summed E-state index contributed by atoms with van der Waals surface area (Å²) in [6.07, 6.45) is 0. The van der Waals surface area contributed by atoms with Gasteiger partial charge in [0.05, 0.1) is 5.52 Å². The van der Waals surface area contributed by atoms with Gasteiger partial charge in [-0.1, -0.05) is 0 Å². The Bertz CT molecular complexity index is 465. The van der Waals surface area contributed by atoms with Crippen LogP contribution < -0.4 is 0 Å². The molecule has 1 aromatic heterocycles. The number of hydrogen-bond acceptors (Lipinski definition) is 3. The third-order valence-corrected chi connectivity index (χ3v) is 2.35. The molecule has 0 amide bonds. The van der Waals surface area contributed by atoms with Crippen molar-refractivity contribution in [3.63, 3.8) is 0 Å². The lowest BCUT2D eigenvalue weighted by Gasteiger charge is -2.01. The number of aromatic hydroxyl groups is 1. The number of hydrogen-bond donors (Lipinski definition) is 1. The summed E-state index contributed by atoms with van der Waals surface area (Å²) < 4.78 is 0.759. The second kappa shape index (κ2) is 2.96. The van der Waals surface area contributed by atoms with Gasteiger partial charge in [0, 0.05) is 11.5 Å². The molecule has 1 heterocycles. The number of aromatic nitrogens is 2. The van der Waals surface area contributed by atoms with E-state index in [9.17, 15) is 5.11 Å². The van der Waals surface area contributed by atoms with Crippen LogP contribution in [0.25, 0.3) is 10.9 Å². The van der Waals surface area contributed by atoms with Crippen molar-refractivity contribution in [3.8, 4) is 5.75 Å². The Morgan fingerprint density at radius 3 is 2.85 bits per heavy atom. The lowest BCUT2D eigenvalue weighted by molar-refractivity contribution is 0.476. The Morgan fingerprint density at radius 1 is 1.31 bits per heavy atom. The van der Waals surface area contributed by atoms with Crippen molar-refractivity contribution in [2.45, 2.75) is 6.92 Å². The van der Waals surface area contributed by atoms with Gasteiger partial charge >= 0.3 is 0 Å². The summed E-state index contributed by atoms with van der Waals surface area (Å²) in [5.74, 6) is 0.905. The van der Waals surface area contributed by atoms with E-state index in [-0.39, 0.29) is 5.75 Å². The highest BCUT2D eigenvalue weighted by Gasteiger charge is 2.02. The van der Waals surface area contributed by atoms with E-state index >= 15 is 0 Å². The molecule has 3 nitrogen and oxygen atoms in total. The Labute approximate surface area is 83.6 Å². The van der Waals surface area contributed by atoms with Gasteiger partial charge in [-0.25, -0.2) is 9.97 Å². The van der Waals surface area contributed by atoms with Crippen LogP contribution in [0.4, 0.5) is 0 Å². The summed E-state index contributed by atoms with van der Waals surface area (Å²) in [4.78, 5) is 8.35. The lowest BCUT2D eigenvalue weighted by atomic mass is 10.2. The molecule has 0 unspecified atom stereocenters. The number of fused-ring (bicyclic) bond motifs is 1. The molecule has 0 aliphatic heterocycles. The molecule has 2 rings (SSSR count). The Balaban J connectivity index is 2.86. The molecule has 0 bridgehead atoms. The van der Waals surface area contributed by atoms with Crippen LogP contribution in [-0.2, 0) is 0 Å². The first-order valence-electron chi connectivity index (χ1n) is 3.80. The quantitative estimate of drug-likeness (QED) is 0.718. The average molecular weight is 239 g/mol. The summed E-state index contributed by atoms with van der Waals surface area (Å²) >= 11 is 3.34. The average Bonchev–Trinajstić information content (AvgIpc) is 2.02. The summed E-state index contributed by atoms with van der Waals surface area (Å²) in [5, 5.41) is 10.1. The van der Waals surface area contributed by atoms with Crippen molar-refractivity contribution in [2.24, 2.45) is 0 Å². The topological polar surface area (TPSA) is 46.0 Å². The molecule has 0 aliphatic carbocycles. The maximum atomic E-state index is 9.24. The van der Waals surface area contributed by atoms with Gasteiger partial charge in [-0.05, 0) is 35.0 Å². The molecule has 0 saturated carbocycles. The van der Waals surface area contributed by atoms with Crippen LogP contribution in [0.15, 0.2) is 22.8 Å². The van der Waals surface area contributed by atoms with E-state index < -0.39 is 0 Å². The van der Waals surface area contributed by atoms with Crippen LogP contribution in [0.2, 0.25) is 0 Å². The largest absolute Gasteiger partial charge is 0.508 e. The van der Waals surface area contributed by atoms with Crippen molar-refractivity contribution in [1.82, 2.24) is 9.97 Å². The number of nitrogens with zero attached hydrogens (tertiary/aromatic N) is 2. The second-order valence-corrected chi connectivity index (χ2v) is 3.51. The minimum atomic E-state index is 0.220. The molecular formula is C9H7BrN2O. The summed E-state index contributed by atoms with van der Waals surface area (Å²) in [5.41, 5.74) is 0.749. The van der Waals surface area contributed by atoms with Gasteiger partial charge in [0.2, 0.25) is 0 Å². The summed E-state index contributed by atoms with van der Waals surface area (Å²) in [6.45, 7) is 1.81. The number of halogens is 1. The van der Waals surface area contributed by atoms with Crippen molar-refractivity contribution in [3.05, 3.63) is 28.6 Å². The molecule has 4 heteroatoms. The van der Waals surface area contributed by atoms with Crippen molar-refractivity contribution in [1.29, 1.82) is 0 Å². The fourth-order valence-electron chi connectivity index (χ4n) is 1.19. The van der Waals surface area contributed by atoms with E-state index in [1.807, 2.05) is 6.92 Å². The van der Waals surface area contributed by atoms with Crippen LogP contribution in [0.3, 0.4) is 0 Å². The van der Waals surface area contributed by atoms with E-state index in [1.54, 1.807) is 18.2 Å². The molecule has 0 radical (unpaired) electrons. The molecule has 1 aromatic carbocycles. The van der Waals surface area contributed by atoms with E-state index in [1.165, 1.54) is 0 Å². The zero-order chi connectivity index (χ0) is 9.42. The number of phenolic OH excluding ortho intramolecular Hbond substituents is 1. The summed E-state index contributed by atoms with van der Waals surface area (Å²) in [6, 6.07) is 5.02. The highest BCUT2D eigenvalue weighted by atomic mass is 79.9. The second-order valence-electron chi connectivity index (χ2n) is 2.76. The van der Waals surface area contributed by atoms with Gasteiger partial charge in [0.15, 0.2) is 0 Å². The van der Waals surface area contributed by atoms with Gasteiger partial charge in [-0.2, -0.15) is 0 Å². The zero-order valence-corrected chi connectivity index (χ0v) is 8.54. The molecule has 0 spiro atoms.